The van der Waals surface area contributed by atoms with Crippen molar-refractivity contribution in [1.29, 1.82) is 5.26 Å². The molecule has 1 aromatic rings. The second kappa shape index (κ2) is 6.55. The minimum Gasteiger partial charge on any atom is -0.504 e. The summed E-state index contributed by atoms with van der Waals surface area (Å²) >= 11 is 1.34. The molecule has 1 aliphatic heterocycles. The van der Waals surface area contributed by atoms with Gasteiger partial charge in [0, 0.05) is 12.3 Å². The molecule has 110 valence electrons. The molecule has 21 heavy (non-hydrogen) atoms. The number of carbonyl (C=O) groups is 1. The van der Waals surface area contributed by atoms with Crippen molar-refractivity contribution in [2.24, 2.45) is 0 Å². The molecule has 0 saturated carbocycles. The Balaban J connectivity index is 2.46. The van der Waals surface area contributed by atoms with Crippen LogP contribution in [0.1, 0.15) is 24.8 Å². The summed E-state index contributed by atoms with van der Waals surface area (Å²) in [5.41, 5.74) is 1.32. The van der Waals surface area contributed by atoms with E-state index in [1.165, 1.54) is 17.8 Å². The average Bonchev–Trinajstić information content (AvgIpc) is 2.48. The summed E-state index contributed by atoms with van der Waals surface area (Å²) in [4.78, 5) is 11.8. The van der Waals surface area contributed by atoms with Gasteiger partial charge >= 0.3 is 0 Å². The molecule has 6 heteroatoms. The molecular weight excluding hydrogens is 288 g/mol. The minimum absolute atomic E-state index is 0.0495. The Hall–Kier alpha value is -2.13. The van der Waals surface area contributed by atoms with Crippen molar-refractivity contribution in [3.8, 4) is 17.6 Å². The Kier molecular flexibility index (Phi) is 4.76. The van der Waals surface area contributed by atoms with E-state index in [2.05, 4.69) is 11.4 Å². The maximum Gasteiger partial charge on any atom is 0.225 e. The Morgan fingerprint density at radius 2 is 2.33 bits per heavy atom. The topological polar surface area (TPSA) is 82.3 Å². The zero-order valence-electron chi connectivity index (χ0n) is 11.8. The maximum absolute atomic E-state index is 11.8. The average molecular weight is 304 g/mol. The van der Waals surface area contributed by atoms with Gasteiger partial charge in [-0.15, -0.1) is 11.8 Å². The smallest absolute Gasteiger partial charge is 0.225 e. The standard InChI is InChI=1S/C15H16N2O3S/c1-3-20-13-6-9(4-5-12(13)18)10-7-14(19)17-15(21-2)11(10)8-16/h4-6,10,18H,3,7H2,1-2H3,(H,17,19). The van der Waals surface area contributed by atoms with Crippen LogP contribution in [0.5, 0.6) is 11.5 Å². The lowest BCUT2D eigenvalue weighted by molar-refractivity contribution is -0.120. The van der Waals surface area contributed by atoms with E-state index in [-0.39, 0.29) is 24.0 Å². The molecule has 1 atom stereocenters. The van der Waals surface area contributed by atoms with E-state index in [1.54, 1.807) is 12.1 Å². The number of hydrogen-bond acceptors (Lipinski definition) is 5. The van der Waals surface area contributed by atoms with Gasteiger partial charge < -0.3 is 15.2 Å². The zero-order valence-corrected chi connectivity index (χ0v) is 12.7. The number of amides is 1. The number of phenolic OH excluding ortho intramolecular Hbond substituents is 1. The van der Waals surface area contributed by atoms with E-state index in [0.29, 0.717) is 23.0 Å². The van der Waals surface area contributed by atoms with Crippen LogP contribution in [0, 0.1) is 11.3 Å². The molecule has 1 amide bonds. The molecule has 0 fully saturated rings. The van der Waals surface area contributed by atoms with Crippen molar-refractivity contribution in [2.45, 2.75) is 19.3 Å². The van der Waals surface area contributed by atoms with Crippen LogP contribution in [0.25, 0.3) is 0 Å². The summed E-state index contributed by atoms with van der Waals surface area (Å²) in [6.45, 7) is 2.26. The molecule has 2 N–H and O–H groups in total. The van der Waals surface area contributed by atoms with Crippen molar-refractivity contribution in [2.75, 3.05) is 12.9 Å². The third kappa shape index (κ3) is 3.14. The van der Waals surface area contributed by atoms with Crippen molar-refractivity contribution in [1.82, 2.24) is 5.32 Å². The molecule has 0 aromatic heterocycles. The second-order valence-electron chi connectivity index (χ2n) is 4.52. The Bertz CT molecular complexity index is 634. The molecule has 2 rings (SSSR count). The lowest BCUT2D eigenvalue weighted by atomic mass is 9.87. The van der Waals surface area contributed by atoms with Crippen LogP contribution in [0.2, 0.25) is 0 Å². The van der Waals surface area contributed by atoms with Crippen LogP contribution < -0.4 is 10.1 Å². The van der Waals surface area contributed by atoms with Crippen LogP contribution in [0.15, 0.2) is 28.8 Å². The maximum atomic E-state index is 11.8. The first-order valence-electron chi connectivity index (χ1n) is 6.54. The summed E-state index contributed by atoms with van der Waals surface area (Å²) in [6.07, 6.45) is 2.03. The van der Waals surface area contributed by atoms with Crippen molar-refractivity contribution in [3.05, 3.63) is 34.4 Å². The number of aromatic hydroxyl groups is 1. The van der Waals surface area contributed by atoms with E-state index in [1.807, 2.05) is 13.2 Å². The summed E-state index contributed by atoms with van der Waals surface area (Å²) in [5, 5.41) is 22.4. The molecule has 0 aliphatic carbocycles. The van der Waals surface area contributed by atoms with Gasteiger partial charge in [-0.3, -0.25) is 4.79 Å². The lowest BCUT2D eigenvalue weighted by Gasteiger charge is -2.24. The molecule has 1 aromatic carbocycles. The van der Waals surface area contributed by atoms with Gasteiger partial charge in [0.05, 0.1) is 23.3 Å². The SMILES string of the molecule is CCOc1cc(C2CC(=O)NC(SC)=C2C#N)ccc1O. The highest BCUT2D eigenvalue weighted by Crippen LogP contribution is 2.38. The van der Waals surface area contributed by atoms with Gasteiger partial charge in [0.25, 0.3) is 0 Å². The van der Waals surface area contributed by atoms with Crippen LogP contribution in [-0.4, -0.2) is 23.9 Å². The number of carbonyl (C=O) groups excluding carboxylic acids is 1. The van der Waals surface area contributed by atoms with Crippen molar-refractivity contribution in [3.63, 3.8) is 0 Å². The van der Waals surface area contributed by atoms with Crippen LogP contribution >= 0.6 is 11.8 Å². The predicted molar refractivity (Wildman–Crippen MR) is 80.9 cm³/mol. The van der Waals surface area contributed by atoms with Gasteiger partial charge in [0.15, 0.2) is 11.5 Å². The normalized spacial score (nSPS) is 18.1. The number of nitrogens with zero attached hydrogens (tertiary/aromatic N) is 1. The quantitative estimate of drug-likeness (QED) is 0.893. The largest absolute Gasteiger partial charge is 0.504 e. The predicted octanol–water partition coefficient (Wildman–Crippen LogP) is 2.49. The van der Waals surface area contributed by atoms with E-state index >= 15 is 0 Å². The molecule has 1 unspecified atom stereocenters. The summed E-state index contributed by atoms with van der Waals surface area (Å²) in [7, 11) is 0. The molecule has 0 saturated heterocycles. The Morgan fingerprint density at radius 1 is 1.57 bits per heavy atom. The van der Waals surface area contributed by atoms with E-state index in [0.717, 1.165) is 5.56 Å². The van der Waals surface area contributed by atoms with Gasteiger partial charge in [0.1, 0.15) is 0 Å². The molecule has 0 radical (unpaired) electrons. The number of hydrogen-bond donors (Lipinski definition) is 2. The fourth-order valence-corrected chi connectivity index (χ4v) is 2.91. The van der Waals surface area contributed by atoms with Gasteiger partial charge in [-0.1, -0.05) is 6.07 Å². The van der Waals surface area contributed by atoms with Gasteiger partial charge in [-0.2, -0.15) is 5.26 Å². The number of allylic oxidation sites excluding steroid dienone is 1. The second-order valence-corrected chi connectivity index (χ2v) is 5.34. The highest BCUT2D eigenvalue weighted by Gasteiger charge is 2.29. The number of benzene rings is 1. The molecule has 0 spiro atoms. The van der Waals surface area contributed by atoms with E-state index in [9.17, 15) is 15.2 Å². The van der Waals surface area contributed by atoms with Crippen LogP contribution in [0.3, 0.4) is 0 Å². The van der Waals surface area contributed by atoms with Gasteiger partial charge in [0.2, 0.25) is 5.91 Å². The highest BCUT2D eigenvalue weighted by molar-refractivity contribution is 8.02. The molecule has 1 aliphatic rings. The monoisotopic (exact) mass is 304 g/mol. The van der Waals surface area contributed by atoms with Crippen LogP contribution in [0.4, 0.5) is 0 Å². The fraction of sp³-hybridized carbons (Fsp3) is 0.333. The summed E-state index contributed by atoms with van der Waals surface area (Å²) in [6, 6.07) is 7.12. The Labute approximate surface area is 127 Å². The third-order valence-electron chi connectivity index (χ3n) is 3.25. The number of nitrogens with one attached hydrogen (secondary N) is 1. The van der Waals surface area contributed by atoms with Gasteiger partial charge in [-0.05, 0) is 30.9 Å². The first-order valence-corrected chi connectivity index (χ1v) is 7.77. The van der Waals surface area contributed by atoms with Gasteiger partial charge in [-0.25, -0.2) is 0 Å². The molecule has 1 heterocycles. The zero-order chi connectivity index (χ0) is 15.4. The number of ether oxygens (including phenoxy) is 1. The Morgan fingerprint density at radius 3 is 2.95 bits per heavy atom. The molecule has 5 nitrogen and oxygen atoms in total. The van der Waals surface area contributed by atoms with Crippen LogP contribution in [-0.2, 0) is 4.79 Å². The van der Waals surface area contributed by atoms with Crippen molar-refractivity contribution < 1.29 is 14.6 Å². The highest BCUT2D eigenvalue weighted by atomic mass is 32.2. The third-order valence-corrected chi connectivity index (χ3v) is 3.98. The van der Waals surface area contributed by atoms with E-state index < -0.39 is 0 Å². The first-order chi connectivity index (χ1) is 10.1. The summed E-state index contributed by atoms with van der Waals surface area (Å²) < 4.78 is 5.36. The number of phenols is 1. The summed E-state index contributed by atoms with van der Waals surface area (Å²) in [5.74, 6) is -0.0159. The molecule has 0 bridgehead atoms. The number of thioether (sulfide) groups is 1. The van der Waals surface area contributed by atoms with Crippen molar-refractivity contribution >= 4 is 17.7 Å². The fourth-order valence-electron chi connectivity index (χ4n) is 2.28. The van der Waals surface area contributed by atoms with E-state index in [4.69, 9.17) is 4.74 Å². The first kappa shape index (κ1) is 15.3. The molecular formula is C15H16N2O3S. The lowest BCUT2D eigenvalue weighted by Crippen LogP contribution is -2.30. The number of rotatable bonds is 4. The number of nitriles is 1. The minimum atomic E-state index is -0.314.